The normalized spacial score (nSPS) is 15.7. The standard InChI is InChI=1S/C22H24FN3O3/c1-28-19-6-2-5-15-13(11-26-20(15)19)4-3-9-25-14-10-17-16(22(24)27)7-8-18(23)21(17)29-12-14/h2,5-8,11,14,25-26H,3-4,9-10,12H2,1H3,(H2,24,27). The molecule has 0 saturated heterocycles. The summed E-state index contributed by atoms with van der Waals surface area (Å²) in [6.45, 7) is 1.14. The molecular formula is C22H24FN3O3. The van der Waals surface area contributed by atoms with Gasteiger partial charge in [0, 0.05) is 28.8 Å². The van der Waals surface area contributed by atoms with Crippen molar-refractivity contribution in [3.63, 3.8) is 0 Å². The van der Waals surface area contributed by atoms with Crippen molar-refractivity contribution < 1.29 is 18.7 Å². The summed E-state index contributed by atoms with van der Waals surface area (Å²) in [6.07, 6.45) is 4.37. The molecule has 1 atom stereocenters. The van der Waals surface area contributed by atoms with Crippen molar-refractivity contribution in [2.45, 2.75) is 25.3 Å². The van der Waals surface area contributed by atoms with Gasteiger partial charge < -0.3 is 25.5 Å². The number of hydrogen-bond acceptors (Lipinski definition) is 4. The first kappa shape index (κ1) is 19.3. The maximum atomic E-state index is 14.0. The molecule has 0 spiro atoms. The number of para-hydroxylation sites is 1. The van der Waals surface area contributed by atoms with E-state index in [4.69, 9.17) is 15.2 Å². The lowest BCUT2D eigenvalue weighted by Crippen LogP contribution is -2.40. The maximum absolute atomic E-state index is 14.0. The largest absolute Gasteiger partial charge is 0.495 e. The molecule has 0 saturated carbocycles. The third-order valence-corrected chi connectivity index (χ3v) is 5.40. The van der Waals surface area contributed by atoms with E-state index >= 15 is 0 Å². The Labute approximate surface area is 168 Å². The minimum Gasteiger partial charge on any atom is -0.495 e. The van der Waals surface area contributed by atoms with Crippen LogP contribution in [0.5, 0.6) is 11.5 Å². The van der Waals surface area contributed by atoms with Gasteiger partial charge >= 0.3 is 0 Å². The van der Waals surface area contributed by atoms with Crippen molar-refractivity contribution in [1.82, 2.24) is 10.3 Å². The second-order valence-electron chi connectivity index (χ2n) is 7.23. The summed E-state index contributed by atoms with van der Waals surface area (Å²) in [5.74, 6) is -0.0482. The number of carbonyl (C=O) groups excluding carboxylic acids is 1. The number of aromatic nitrogens is 1. The van der Waals surface area contributed by atoms with Gasteiger partial charge in [0.15, 0.2) is 11.6 Å². The molecule has 0 radical (unpaired) electrons. The molecule has 1 aliphatic heterocycles. The average molecular weight is 397 g/mol. The molecule has 1 unspecified atom stereocenters. The molecule has 4 N–H and O–H groups in total. The molecule has 3 aromatic rings. The van der Waals surface area contributed by atoms with Gasteiger partial charge in [0.25, 0.3) is 0 Å². The summed E-state index contributed by atoms with van der Waals surface area (Å²) < 4.78 is 24.9. The van der Waals surface area contributed by atoms with Gasteiger partial charge in [0.05, 0.1) is 12.6 Å². The van der Waals surface area contributed by atoms with Crippen molar-refractivity contribution in [1.29, 1.82) is 0 Å². The fraction of sp³-hybridized carbons (Fsp3) is 0.318. The highest BCUT2D eigenvalue weighted by Gasteiger charge is 2.26. The van der Waals surface area contributed by atoms with Crippen molar-refractivity contribution in [2.24, 2.45) is 5.73 Å². The highest BCUT2D eigenvalue weighted by molar-refractivity contribution is 5.95. The molecule has 0 aliphatic carbocycles. The van der Waals surface area contributed by atoms with Crippen LogP contribution in [0.1, 0.15) is 27.9 Å². The lowest BCUT2D eigenvalue weighted by molar-refractivity contribution is 0.0997. The Morgan fingerprint density at radius 2 is 2.24 bits per heavy atom. The minimum absolute atomic E-state index is 0.00506. The van der Waals surface area contributed by atoms with Gasteiger partial charge in [-0.1, -0.05) is 12.1 Å². The zero-order chi connectivity index (χ0) is 20.4. The van der Waals surface area contributed by atoms with Gasteiger partial charge in [-0.2, -0.15) is 0 Å². The van der Waals surface area contributed by atoms with Crippen LogP contribution < -0.4 is 20.5 Å². The van der Waals surface area contributed by atoms with Crippen LogP contribution >= 0.6 is 0 Å². The number of fused-ring (bicyclic) bond motifs is 2. The summed E-state index contributed by atoms with van der Waals surface area (Å²) in [5, 5.41) is 4.61. The van der Waals surface area contributed by atoms with Gasteiger partial charge in [-0.15, -0.1) is 0 Å². The SMILES string of the molecule is COc1cccc2c(CCCNC3COc4c(F)ccc(C(N)=O)c4C3)c[nH]c12. The molecule has 7 heteroatoms. The lowest BCUT2D eigenvalue weighted by atomic mass is 9.96. The monoisotopic (exact) mass is 397 g/mol. The van der Waals surface area contributed by atoms with Gasteiger partial charge in [0.1, 0.15) is 12.4 Å². The Kier molecular flexibility index (Phi) is 5.40. The highest BCUT2D eigenvalue weighted by Crippen LogP contribution is 2.31. The number of ether oxygens (including phenoxy) is 2. The van der Waals surface area contributed by atoms with Crippen LogP contribution in [-0.4, -0.2) is 37.2 Å². The number of carbonyl (C=O) groups is 1. The van der Waals surface area contributed by atoms with Crippen molar-refractivity contribution in [3.8, 4) is 11.5 Å². The number of benzene rings is 2. The third kappa shape index (κ3) is 3.78. The number of halogens is 1. The Balaban J connectivity index is 1.36. The van der Waals surface area contributed by atoms with Crippen LogP contribution in [0, 0.1) is 5.82 Å². The maximum Gasteiger partial charge on any atom is 0.249 e. The van der Waals surface area contributed by atoms with Gasteiger partial charge in [0.2, 0.25) is 5.91 Å². The van der Waals surface area contributed by atoms with E-state index in [1.54, 1.807) is 7.11 Å². The second-order valence-corrected chi connectivity index (χ2v) is 7.23. The van der Waals surface area contributed by atoms with E-state index in [2.05, 4.69) is 16.4 Å². The molecule has 1 aromatic heterocycles. The number of nitrogens with one attached hydrogen (secondary N) is 2. The van der Waals surface area contributed by atoms with E-state index in [9.17, 15) is 9.18 Å². The quantitative estimate of drug-likeness (QED) is 0.535. The van der Waals surface area contributed by atoms with Crippen LogP contribution in [-0.2, 0) is 12.8 Å². The number of H-pyrrole nitrogens is 1. The first-order valence-corrected chi connectivity index (χ1v) is 9.68. The van der Waals surface area contributed by atoms with Crippen LogP contribution in [0.3, 0.4) is 0 Å². The molecule has 1 amide bonds. The Morgan fingerprint density at radius 3 is 3.03 bits per heavy atom. The number of methoxy groups -OCH3 is 1. The first-order chi connectivity index (χ1) is 14.1. The molecule has 29 heavy (non-hydrogen) atoms. The van der Waals surface area contributed by atoms with Crippen molar-refractivity contribution in [2.75, 3.05) is 20.3 Å². The zero-order valence-electron chi connectivity index (χ0n) is 16.3. The summed E-state index contributed by atoms with van der Waals surface area (Å²) >= 11 is 0. The van der Waals surface area contributed by atoms with Crippen molar-refractivity contribution >= 4 is 16.8 Å². The van der Waals surface area contributed by atoms with Gasteiger partial charge in [-0.05, 0) is 49.6 Å². The summed E-state index contributed by atoms with van der Waals surface area (Å²) in [6, 6.07) is 8.67. The van der Waals surface area contributed by atoms with Crippen molar-refractivity contribution in [3.05, 3.63) is 59.0 Å². The fourth-order valence-electron chi connectivity index (χ4n) is 3.96. The van der Waals surface area contributed by atoms with E-state index in [-0.39, 0.29) is 11.8 Å². The lowest BCUT2D eigenvalue weighted by Gasteiger charge is -2.27. The minimum atomic E-state index is -0.569. The molecule has 1 aliphatic rings. The number of amides is 1. The molecule has 4 rings (SSSR count). The number of rotatable bonds is 7. The predicted octanol–water partition coefficient (Wildman–Crippen LogP) is 2.94. The van der Waals surface area contributed by atoms with Crippen LogP contribution in [0.25, 0.3) is 10.9 Å². The topological polar surface area (TPSA) is 89.4 Å². The van der Waals surface area contributed by atoms with E-state index < -0.39 is 11.7 Å². The summed E-state index contributed by atoms with van der Waals surface area (Å²) in [4.78, 5) is 14.9. The summed E-state index contributed by atoms with van der Waals surface area (Å²) in [5.41, 5.74) is 8.54. The van der Waals surface area contributed by atoms with Gasteiger partial charge in [-0.3, -0.25) is 4.79 Å². The molecular weight excluding hydrogens is 373 g/mol. The average Bonchev–Trinajstić information content (AvgIpc) is 3.14. The number of primary amides is 1. The fourth-order valence-corrected chi connectivity index (χ4v) is 3.96. The Hall–Kier alpha value is -3.06. The van der Waals surface area contributed by atoms with E-state index in [0.29, 0.717) is 24.2 Å². The smallest absolute Gasteiger partial charge is 0.249 e. The van der Waals surface area contributed by atoms with Crippen LogP contribution in [0.4, 0.5) is 4.39 Å². The zero-order valence-corrected chi connectivity index (χ0v) is 16.3. The molecule has 6 nitrogen and oxygen atoms in total. The van der Waals surface area contributed by atoms with Crippen LogP contribution in [0.2, 0.25) is 0 Å². The Bertz CT molecular complexity index is 1050. The van der Waals surface area contributed by atoms with Gasteiger partial charge in [-0.25, -0.2) is 4.39 Å². The third-order valence-electron chi connectivity index (χ3n) is 5.40. The summed E-state index contributed by atoms with van der Waals surface area (Å²) in [7, 11) is 1.67. The first-order valence-electron chi connectivity index (χ1n) is 9.68. The molecule has 152 valence electrons. The predicted molar refractivity (Wildman–Crippen MR) is 109 cm³/mol. The molecule has 2 heterocycles. The second kappa shape index (κ2) is 8.13. The molecule has 0 fully saturated rings. The van der Waals surface area contributed by atoms with E-state index in [1.165, 1.54) is 23.1 Å². The molecule has 2 aromatic carbocycles. The number of aryl methyl sites for hydroxylation is 1. The van der Waals surface area contributed by atoms with E-state index in [1.807, 2.05) is 18.3 Å². The Morgan fingerprint density at radius 1 is 1.38 bits per heavy atom. The van der Waals surface area contributed by atoms with Crippen LogP contribution in [0.15, 0.2) is 36.5 Å². The molecule has 0 bridgehead atoms. The number of hydrogen-bond donors (Lipinski definition) is 3. The highest BCUT2D eigenvalue weighted by atomic mass is 19.1. The van der Waals surface area contributed by atoms with E-state index in [0.717, 1.165) is 30.7 Å². The number of nitrogens with two attached hydrogens (primary N) is 1. The number of aromatic amines is 1.